The van der Waals surface area contributed by atoms with E-state index in [2.05, 4.69) is 5.32 Å². The van der Waals surface area contributed by atoms with Crippen LogP contribution in [-0.2, 0) is 4.79 Å². The van der Waals surface area contributed by atoms with Crippen LogP contribution in [0.5, 0.6) is 5.75 Å². The minimum absolute atomic E-state index is 0.0732. The Morgan fingerprint density at radius 1 is 1.38 bits per heavy atom. The van der Waals surface area contributed by atoms with Crippen LogP contribution in [0.3, 0.4) is 0 Å². The van der Waals surface area contributed by atoms with Crippen molar-refractivity contribution in [1.29, 1.82) is 0 Å². The number of carbonyl (C=O) groups is 1. The average Bonchev–Trinajstić information content (AvgIpc) is 2.30. The lowest BCUT2D eigenvalue weighted by Gasteiger charge is -2.35. The maximum Gasteiger partial charge on any atom is 0.241 e. The van der Waals surface area contributed by atoms with Gasteiger partial charge in [-0.05, 0) is 24.3 Å². The number of benzene rings is 1. The molecular weight excluding hydrogens is 208 g/mol. The van der Waals surface area contributed by atoms with Gasteiger partial charge in [-0.2, -0.15) is 0 Å². The summed E-state index contributed by atoms with van der Waals surface area (Å²) in [5.41, 5.74) is 0.698. The molecule has 1 heterocycles. The quantitative estimate of drug-likeness (QED) is 0.642. The molecule has 0 aliphatic carbocycles. The van der Waals surface area contributed by atoms with Crippen molar-refractivity contribution in [2.24, 2.45) is 0 Å². The number of hydrogen-bond donors (Lipinski definition) is 3. The zero-order chi connectivity index (χ0) is 11.5. The van der Waals surface area contributed by atoms with E-state index < -0.39 is 0 Å². The number of piperazine rings is 1. The van der Waals surface area contributed by atoms with E-state index in [0.29, 0.717) is 12.2 Å². The summed E-state index contributed by atoms with van der Waals surface area (Å²) < 4.78 is 0. The van der Waals surface area contributed by atoms with E-state index in [4.69, 9.17) is 0 Å². The lowest BCUT2D eigenvalue weighted by molar-refractivity contribution is -0.119. The molecule has 1 aliphatic rings. The Labute approximate surface area is 93.3 Å². The fourth-order valence-electron chi connectivity index (χ4n) is 1.84. The van der Waals surface area contributed by atoms with Crippen molar-refractivity contribution in [2.45, 2.75) is 6.04 Å². The average molecular weight is 222 g/mol. The summed E-state index contributed by atoms with van der Waals surface area (Å²) in [6.45, 7) is 0.764. The van der Waals surface area contributed by atoms with Gasteiger partial charge < -0.3 is 20.4 Å². The summed E-state index contributed by atoms with van der Waals surface area (Å²) in [5, 5.41) is 21.3. The minimum atomic E-state index is -0.245. The van der Waals surface area contributed by atoms with Gasteiger partial charge in [-0.15, -0.1) is 0 Å². The molecule has 16 heavy (non-hydrogen) atoms. The van der Waals surface area contributed by atoms with E-state index in [-0.39, 0.29) is 30.9 Å². The van der Waals surface area contributed by atoms with Crippen LogP contribution in [0, 0.1) is 0 Å². The van der Waals surface area contributed by atoms with Crippen LogP contribution in [0.4, 0.5) is 5.69 Å². The molecule has 1 amide bonds. The van der Waals surface area contributed by atoms with Crippen LogP contribution in [0.15, 0.2) is 24.3 Å². The Balaban J connectivity index is 2.28. The first-order valence-electron chi connectivity index (χ1n) is 5.15. The smallest absolute Gasteiger partial charge is 0.241 e. The van der Waals surface area contributed by atoms with E-state index in [1.165, 1.54) is 12.1 Å². The number of anilines is 1. The molecular formula is C11H14N2O3. The van der Waals surface area contributed by atoms with E-state index in [1.54, 1.807) is 17.0 Å². The van der Waals surface area contributed by atoms with Crippen LogP contribution >= 0.6 is 0 Å². The van der Waals surface area contributed by atoms with Crippen molar-refractivity contribution < 1.29 is 15.0 Å². The number of aromatic hydroxyl groups is 1. The molecule has 1 saturated heterocycles. The highest BCUT2D eigenvalue weighted by molar-refractivity contribution is 5.96. The second kappa shape index (κ2) is 4.51. The maximum absolute atomic E-state index is 11.7. The van der Waals surface area contributed by atoms with Gasteiger partial charge in [0, 0.05) is 12.2 Å². The molecule has 2 rings (SSSR count). The number of nitrogens with one attached hydrogen (secondary N) is 1. The van der Waals surface area contributed by atoms with Crippen molar-refractivity contribution >= 4 is 11.6 Å². The fourth-order valence-corrected chi connectivity index (χ4v) is 1.84. The lowest BCUT2D eigenvalue weighted by atomic mass is 10.1. The summed E-state index contributed by atoms with van der Waals surface area (Å²) in [4.78, 5) is 13.3. The SMILES string of the molecule is O=C1CNCC(CO)N1c1ccc(O)cc1. The molecule has 5 nitrogen and oxygen atoms in total. The molecule has 1 aromatic carbocycles. The second-order valence-corrected chi connectivity index (χ2v) is 3.75. The number of phenolic OH excluding ortho intramolecular Hbond substituents is 1. The normalized spacial score (nSPS) is 21.2. The van der Waals surface area contributed by atoms with E-state index in [9.17, 15) is 15.0 Å². The highest BCUT2D eigenvalue weighted by Gasteiger charge is 2.28. The number of aliphatic hydroxyl groups excluding tert-OH is 1. The summed E-state index contributed by atoms with van der Waals surface area (Å²) in [5.74, 6) is 0.0860. The van der Waals surface area contributed by atoms with Gasteiger partial charge in [-0.3, -0.25) is 4.79 Å². The van der Waals surface area contributed by atoms with Gasteiger partial charge >= 0.3 is 0 Å². The van der Waals surface area contributed by atoms with Crippen LogP contribution in [0.1, 0.15) is 0 Å². The molecule has 1 atom stereocenters. The van der Waals surface area contributed by atoms with Crippen LogP contribution in [-0.4, -0.2) is 41.9 Å². The molecule has 5 heteroatoms. The molecule has 86 valence electrons. The van der Waals surface area contributed by atoms with Crippen molar-refractivity contribution in [3.63, 3.8) is 0 Å². The number of carbonyl (C=O) groups excluding carboxylic acids is 1. The Kier molecular flexibility index (Phi) is 3.07. The number of amides is 1. The van der Waals surface area contributed by atoms with E-state index in [1.807, 2.05) is 0 Å². The van der Waals surface area contributed by atoms with Crippen molar-refractivity contribution in [3.8, 4) is 5.75 Å². The third kappa shape index (κ3) is 2.00. The minimum Gasteiger partial charge on any atom is -0.508 e. The first-order valence-corrected chi connectivity index (χ1v) is 5.15. The molecule has 0 saturated carbocycles. The molecule has 0 bridgehead atoms. The number of aliphatic hydroxyl groups is 1. The molecule has 1 aromatic rings. The molecule has 1 unspecified atom stereocenters. The van der Waals surface area contributed by atoms with Gasteiger partial charge in [0.15, 0.2) is 0 Å². The van der Waals surface area contributed by atoms with Gasteiger partial charge in [0.25, 0.3) is 0 Å². The second-order valence-electron chi connectivity index (χ2n) is 3.75. The third-order valence-electron chi connectivity index (χ3n) is 2.63. The van der Waals surface area contributed by atoms with Crippen LogP contribution in [0.2, 0.25) is 0 Å². The first-order chi connectivity index (χ1) is 7.72. The van der Waals surface area contributed by atoms with Crippen molar-refractivity contribution in [2.75, 3.05) is 24.6 Å². The molecule has 3 N–H and O–H groups in total. The van der Waals surface area contributed by atoms with Gasteiger partial charge in [0.1, 0.15) is 5.75 Å². The summed E-state index contributed by atoms with van der Waals surface area (Å²) in [6, 6.07) is 6.14. The zero-order valence-electron chi connectivity index (χ0n) is 8.76. The lowest BCUT2D eigenvalue weighted by Crippen LogP contribution is -2.56. The molecule has 1 fully saturated rings. The number of hydrogen-bond acceptors (Lipinski definition) is 4. The molecule has 1 aliphatic heterocycles. The predicted molar refractivity (Wildman–Crippen MR) is 59.3 cm³/mol. The Hall–Kier alpha value is -1.59. The van der Waals surface area contributed by atoms with Gasteiger partial charge in [-0.1, -0.05) is 0 Å². The number of nitrogens with zero attached hydrogens (tertiary/aromatic N) is 1. The largest absolute Gasteiger partial charge is 0.508 e. The summed E-state index contributed by atoms with van der Waals surface area (Å²) >= 11 is 0. The first kappa shape index (κ1) is 10.9. The summed E-state index contributed by atoms with van der Waals surface area (Å²) in [7, 11) is 0. The maximum atomic E-state index is 11.7. The monoisotopic (exact) mass is 222 g/mol. The summed E-state index contributed by atoms with van der Waals surface area (Å²) in [6.07, 6.45) is 0. The van der Waals surface area contributed by atoms with Crippen LogP contribution < -0.4 is 10.2 Å². The molecule has 0 aromatic heterocycles. The van der Waals surface area contributed by atoms with E-state index >= 15 is 0 Å². The zero-order valence-corrected chi connectivity index (χ0v) is 8.76. The highest BCUT2D eigenvalue weighted by atomic mass is 16.3. The van der Waals surface area contributed by atoms with Crippen LogP contribution in [0.25, 0.3) is 0 Å². The third-order valence-corrected chi connectivity index (χ3v) is 2.63. The Morgan fingerprint density at radius 3 is 2.69 bits per heavy atom. The number of rotatable bonds is 2. The Morgan fingerprint density at radius 2 is 2.06 bits per heavy atom. The highest BCUT2D eigenvalue weighted by Crippen LogP contribution is 2.21. The van der Waals surface area contributed by atoms with Gasteiger partial charge in [-0.25, -0.2) is 0 Å². The fraction of sp³-hybridized carbons (Fsp3) is 0.364. The van der Waals surface area contributed by atoms with Gasteiger partial charge in [0.05, 0.1) is 19.2 Å². The van der Waals surface area contributed by atoms with Crippen molar-refractivity contribution in [1.82, 2.24) is 5.32 Å². The van der Waals surface area contributed by atoms with Gasteiger partial charge in [0.2, 0.25) is 5.91 Å². The topological polar surface area (TPSA) is 72.8 Å². The molecule has 0 radical (unpaired) electrons. The predicted octanol–water partition coefficient (Wildman–Crippen LogP) is -0.311. The number of phenols is 1. The molecule has 0 spiro atoms. The Bertz CT molecular complexity index is 377. The van der Waals surface area contributed by atoms with Crippen molar-refractivity contribution in [3.05, 3.63) is 24.3 Å². The van der Waals surface area contributed by atoms with E-state index in [0.717, 1.165) is 0 Å². The standard InChI is InChI=1S/C11H14N2O3/c14-7-9-5-12-6-11(16)13(9)8-1-3-10(15)4-2-8/h1-4,9,12,14-15H,5-7H2.